The summed E-state index contributed by atoms with van der Waals surface area (Å²) < 4.78 is 10.5. The lowest BCUT2D eigenvalue weighted by Gasteiger charge is -2.02. The van der Waals surface area contributed by atoms with Crippen molar-refractivity contribution in [2.24, 2.45) is 4.99 Å². The average molecular weight is 329 g/mol. The molecule has 0 fully saturated rings. The second-order valence-electron chi connectivity index (χ2n) is 5.67. The van der Waals surface area contributed by atoms with Crippen LogP contribution in [0.2, 0.25) is 0 Å². The Labute approximate surface area is 145 Å². The Bertz CT molecular complexity index is 1030. The van der Waals surface area contributed by atoms with Gasteiger partial charge in [0.25, 0.3) is 0 Å². The van der Waals surface area contributed by atoms with Crippen molar-refractivity contribution in [1.29, 1.82) is 0 Å². The Hall–Kier alpha value is -3.40. The predicted octanol–water partition coefficient (Wildman–Crippen LogP) is 4.19. The lowest BCUT2D eigenvalue weighted by molar-refractivity contribution is -0.129. The molecule has 0 spiro atoms. The summed E-state index contributed by atoms with van der Waals surface area (Å²) in [5, 5.41) is 2.26. The van der Waals surface area contributed by atoms with Crippen LogP contribution in [0, 0.1) is 0 Å². The Morgan fingerprint density at radius 3 is 2.64 bits per heavy atom. The highest BCUT2D eigenvalue weighted by atomic mass is 16.6. The molecule has 0 aliphatic carbocycles. The van der Waals surface area contributed by atoms with E-state index >= 15 is 0 Å². The molecule has 0 N–H and O–H groups in total. The Morgan fingerprint density at radius 1 is 0.960 bits per heavy atom. The van der Waals surface area contributed by atoms with Gasteiger partial charge >= 0.3 is 5.97 Å². The zero-order valence-corrected chi connectivity index (χ0v) is 13.6. The fourth-order valence-electron chi connectivity index (χ4n) is 2.74. The minimum absolute atomic E-state index is 0.285. The van der Waals surface area contributed by atoms with E-state index in [4.69, 9.17) is 9.47 Å². The van der Waals surface area contributed by atoms with Crippen molar-refractivity contribution in [3.8, 4) is 5.75 Å². The molecule has 3 aromatic rings. The number of carbonyl (C=O) groups excluding carboxylic acids is 1. The van der Waals surface area contributed by atoms with E-state index in [0.717, 1.165) is 16.3 Å². The molecule has 1 heterocycles. The molecule has 1 aliphatic heterocycles. The Balaban J connectivity index is 1.69. The van der Waals surface area contributed by atoms with E-state index in [1.54, 1.807) is 19.3 Å². The molecule has 0 unspecified atom stereocenters. The number of hydrogen-bond acceptors (Lipinski definition) is 4. The summed E-state index contributed by atoms with van der Waals surface area (Å²) in [6.45, 7) is 0. The van der Waals surface area contributed by atoms with Gasteiger partial charge in [0.2, 0.25) is 5.90 Å². The number of cyclic esters (lactones) is 1. The minimum atomic E-state index is -0.453. The van der Waals surface area contributed by atoms with Crippen LogP contribution < -0.4 is 4.74 Å². The molecule has 25 heavy (non-hydrogen) atoms. The van der Waals surface area contributed by atoms with Crippen LogP contribution in [0.4, 0.5) is 0 Å². The molecule has 4 nitrogen and oxygen atoms in total. The standard InChI is InChI=1S/C21H15NO3/c1-24-18-8-4-7-17(13-18)20-22-19(21(23)25-20)12-14-9-10-15-5-2-3-6-16(15)11-14/h2-13H,1H3/b19-12+. The normalized spacial score (nSPS) is 15.3. The van der Waals surface area contributed by atoms with Gasteiger partial charge in [0, 0.05) is 5.56 Å². The summed E-state index contributed by atoms with van der Waals surface area (Å²) in [6.07, 6.45) is 1.74. The van der Waals surface area contributed by atoms with Crippen LogP contribution >= 0.6 is 0 Å². The first-order valence-corrected chi connectivity index (χ1v) is 7.89. The fraction of sp³-hybridized carbons (Fsp3) is 0.0476. The maximum absolute atomic E-state index is 12.1. The molecular formula is C21H15NO3. The SMILES string of the molecule is COc1cccc(C2=N/C(=C/c3ccc4ccccc4c3)C(=O)O2)c1. The van der Waals surface area contributed by atoms with Crippen molar-refractivity contribution in [3.05, 3.63) is 83.6 Å². The van der Waals surface area contributed by atoms with E-state index in [-0.39, 0.29) is 11.6 Å². The third kappa shape index (κ3) is 3.02. The monoisotopic (exact) mass is 329 g/mol. The first kappa shape index (κ1) is 15.1. The number of nitrogens with zero attached hydrogens (tertiary/aromatic N) is 1. The summed E-state index contributed by atoms with van der Waals surface area (Å²) in [5.74, 6) is 0.519. The molecule has 0 atom stereocenters. The molecule has 4 heteroatoms. The zero-order chi connectivity index (χ0) is 17.2. The highest BCUT2D eigenvalue weighted by molar-refractivity contribution is 6.13. The molecule has 4 rings (SSSR count). The van der Waals surface area contributed by atoms with Gasteiger partial charge in [-0.3, -0.25) is 0 Å². The summed E-state index contributed by atoms with van der Waals surface area (Å²) in [5.41, 5.74) is 1.89. The van der Waals surface area contributed by atoms with Gasteiger partial charge in [-0.25, -0.2) is 9.79 Å². The molecule has 122 valence electrons. The minimum Gasteiger partial charge on any atom is -0.497 e. The lowest BCUT2D eigenvalue weighted by Crippen LogP contribution is -2.05. The van der Waals surface area contributed by atoms with Gasteiger partial charge in [-0.2, -0.15) is 0 Å². The fourth-order valence-corrected chi connectivity index (χ4v) is 2.74. The van der Waals surface area contributed by atoms with Crippen LogP contribution in [0.1, 0.15) is 11.1 Å². The third-order valence-corrected chi connectivity index (χ3v) is 4.01. The summed E-state index contributed by atoms with van der Waals surface area (Å²) in [7, 11) is 1.59. The van der Waals surface area contributed by atoms with Gasteiger partial charge in [-0.1, -0.05) is 42.5 Å². The van der Waals surface area contributed by atoms with Gasteiger partial charge in [-0.15, -0.1) is 0 Å². The van der Waals surface area contributed by atoms with E-state index < -0.39 is 5.97 Å². The summed E-state index contributed by atoms with van der Waals surface area (Å²) >= 11 is 0. The van der Waals surface area contributed by atoms with Crippen LogP contribution in [-0.2, 0) is 9.53 Å². The predicted molar refractivity (Wildman–Crippen MR) is 97.5 cm³/mol. The number of aliphatic imine (C=N–C) groups is 1. The Kier molecular flexibility index (Phi) is 3.78. The maximum atomic E-state index is 12.1. The van der Waals surface area contributed by atoms with E-state index in [1.807, 2.05) is 54.6 Å². The van der Waals surface area contributed by atoms with Gasteiger partial charge in [0.05, 0.1) is 7.11 Å². The second-order valence-corrected chi connectivity index (χ2v) is 5.67. The number of ether oxygens (including phenoxy) is 2. The maximum Gasteiger partial charge on any atom is 0.363 e. The van der Waals surface area contributed by atoms with Crippen LogP contribution in [-0.4, -0.2) is 19.0 Å². The van der Waals surface area contributed by atoms with E-state index in [1.165, 1.54) is 0 Å². The van der Waals surface area contributed by atoms with Gasteiger partial charge < -0.3 is 9.47 Å². The van der Waals surface area contributed by atoms with Crippen molar-refractivity contribution in [2.45, 2.75) is 0 Å². The van der Waals surface area contributed by atoms with Crippen LogP contribution in [0.3, 0.4) is 0 Å². The highest BCUT2D eigenvalue weighted by Crippen LogP contribution is 2.23. The number of esters is 1. The van der Waals surface area contributed by atoms with Crippen molar-refractivity contribution in [3.63, 3.8) is 0 Å². The molecule has 0 bridgehead atoms. The number of methoxy groups -OCH3 is 1. The number of rotatable bonds is 3. The van der Waals surface area contributed by atoms with Gasteiger partial charge in [0.15, 0.2) is 5.70 Å². The number of fused-ring (bicyclic) bond motifs is 1. The molecule has 0 saturated heterocycles. The van der Waals surface area contributed by atoms with E-state index in [0.29, 0.717) is 11.3 Å². The highest BCUT2D eigenvalue weighted by Gasteiger charge is 2.24. The quantitative estimate of drug-likeness (QED) is 0.535. The molecule has 0 aromatic heterocycles. The molecule has 3 aromatic carbocycles. The third-order valence-electron chi connectivity index (χ3n) is 4.01. The number of hydrogen-bond donors (Lipinski definition) is 0. The van der Waals surface area contributed by atoms with Crippen molar-refractivity contribution < 1.29 is 14.3 Å². The smallest absolute Gasteiger partial charge is 0.363 e. The van der Waals surface area contributed by atoms with Crippen LogP contribution in [0.5, 0.6) is 5.75 Å². The van der Waals surface area contributed by atoms with Gasteiger partial charge in [-0.05, 0) is 46.7 Å². The second kappa shape index (κ2) is 6.24. The van der Waals surface area contributed by atoms with Gasteiger partial charge in [0.1, 0.15) is 5.75 Å². The van der Waals surface area contributed by atoms with Crippen LogP contribution in [0.15, 0.2) is 77.4 Å². The average Bonchev–Trinajstić information content (AvgIpc) is 3.02. The largest absolute Gasteiger partial charge is 0.497 e. The molecule has 1 aliphatic rings. The van der Waals surface area contributed by atoms with Crippen molar-refractivity contribution in [2.75, 3.05) is 7.11 Å². The zero-order valence-electron chi connectivity index (χ0n) is 13.6. The summed E-state index contributed by atoms with van der Waals surface area (Å²) in [6, 6.07) is 21.3. The first-order chi connectivity index (χ1) is 12.2. The molecule has 0 amide bonds. The molecule has 0 saturated carbocycles. The molecular weight excluding hydrogens is 314 g/mol. The van der Waals surface area contributed by atoms with Crippen LogP contribution in [0.25, 0.3) is 16.8 Å². The van der Waals surface area contributed by atoms with E-state index in [9.17, 15) is 4.79 Å². The first-order valence-electron chi connectivity index (χ1n) is 7.89. The Morgan fingerprint density at radius 2 is 1.80 bits per heavy atom. The van der Waals surface area contributed by atoms with Crippen molar-refractivity contribution in [1.82, 2.24) is 0 Å². The lowest BCUT2D eigenvalue weighted by atomic mass is 10.1. The van der Waals surface area contributed by atoms with E-state index in [2.05, 4.69) is 11.1 Å². The van der Waals surface area contributed by atoms with Crippen molar-refractivity contribution >= 4 is 28.7 Å². The topological polar surface area (TPSA) is 47.9 Å². The number of carbonyl (C=O) groups is 1. The number of benzene rings is 3. The molecule has 0 radical (unpaired) electrons. The summed E-state index contributed by atoms with van der Waals surface area (Å²) in [4.78, 5) is 16.5.